The summed E-state index contributed by atoms with van der Waals surface area (Å²) in [6, 6.07) is 4.91. The average molecular weight is 301 g/mol. The van der Waals surface area contributed by atoms with Crippen molar-refractivity contribution in [3.8, 4) is 11.4 Å². The number of alkyl halides is 3. The fraction of sp³-hybridized carbons (Fsp3) is 0.385. The number of aromatic nitrogens is 3. The molecule has 7 heteroatoms. The van der Waals surface area contributed by atoms with E-state index in [1.807, 2.05) is 13.8 Å². The summed E-state index contributed by atoms with van der Waals surface area (Å²) in [5.41, 5.74) is -0.0724. The Kier molecular flexibility index (Phi) is 3.99. The van der Waals surface area contributed by atoms with Crippen LogP contribution in [-0.4, -0.2) is 14.8 Å². The molecule has 0 atom stereocenters. The van der Waals surface area contributed by atoms with Crippen LogP contribution in [0.1, 0.15) is 19.4 Å². The second kappa shape index (κ2) is 5.40. The molecule has 0 aliphatic carbocycles. The highest BCUT2D eigenvalue weighted by molar-refractivity contribution is 7.71. The Morgan fingerprint density at radius 3 is 2.35 bits per heavy atom. The molecule has 0 saturated carbocycles. The van der Waals surface area contributed by atoms with Gasteiger partial charge in [-0.15, -0.1) is 0 Å². The summed E-state index contributed by atoms with van der Waals surface area (Å²) in [7, 11) is 0. The van der Waals surface area contributed by atoms with Crippen LogP contribution in [0.15, 0.2) is 24.3 Å². The molecule has 0 unspecified atom stereocenters. The maximum absolute atomic E-state index is 12.5. The Hall–Kier alpha value is -1.63. The summed E-state index contributed by atoms with van der Waals surface area (Å²) in [5.74, 6) is 0.907. The monoisotopic (exact) mass is 301 g/mol. The first-order chi connectivity index (χ1) is 9.29. The van der Waals surface area contributed by atoms with E-state index in [1.54, 1.807) is 4.57 Å². The van der Waals surface area contributed by atoms with Crippen LogP contribution < -0.4 is 0 Å². The van der Waals surface area contributed by atoms with E-state index < -0.39 is 11.7 Å². The molecule has 1 N–H and O–H groups in total. The Labute approximate surface area is 119 Å². The van der Waals surface area contributed by atoms with E-state index in [0.29, 0.717) is 28.6 Å². The molecule has 108 valence electrons. The second-order valence-electron chi connectivity index (χ2n) is 4.93. The van der Waals surface area contributed by atoms with Crippen LogP contribution in [0.25, 0.3) is 11.4 Å². The van der Waals surface area contributed by atoms with Crippen molar-refractivity contribution in [2.75, 3.05) is 0 Å². The van der Waals surface area contributed by atoms with Gasteiger partial charge in [0.25, 0.3) is 0 Å². The Balaban J connectivity index is 2.40. The van der Waals surface area contributed by atoms with Gasteiger partial charge in [-0.25, -0.2) is 0 Å². The summed E-state index contributed by atoms with van der Waals surface area (Å²) in [4.78, 5) is 0. The fourth-order valence-electron chi connectivity index (χ4n) is 1.88. The third-order valence-corrected chi connectivity index (χ3v) is 3.09. The predicted molar refractivity (Wildman–Crippen MR) is 72.7 cm³/mol. The SMILES string of the molecule is CC(C)Cn1c(-c2ccc(C(F)(F)F)cc2)n[nH]c1=S. The number of hydrogen-bond donors (Lipinski definition) is 1. The highest BCUT2D eigenvalue weighted by Gasteiger charge is 2.30. The number of nitrogens with zero attached hydrogens (tertiary/aromatic N) is 2. The van der Waals surface area contributed by atoms with E-state index in [1.165, 1.54) is 12.1 Å². The molecule has 0 bridgehead atoms. The summed E-state index contributed by atoms with van der Waals surface area (Å²) in [5, 5.41) is 6.77. The minimum absolute atomic E-state index is 0.354. The molecule has 2 aromatic rings. The lowest BCUT2D eigenvalue weighted by atomic mass is 10.1. The van der Waals surface area contributed by atoms with E-state index in [9.17, 15) is 13.2 Å². The molecule has 2 rings (SSSR count). The van der Waals surface area contributed by atoms with Crippen LogP contribution in [0.5, 0.6) is 0 Å². The molecule has 0 amide bonds. The normalized spacial score (nSPS) is 12.1. The summed E-state index contributed by atoms with van der Waals surface area (Å²) < 4.78 is 39.9. The van der Waals surface area contributed by atoms with E-state index >= 15 is 0 Å². The predicted octanol–water partition coefficient (Wildman–Crippen LogP) is 4.28. The van der Waals surface area contributed by atoms with Crippen LogP contribution in [0.3, 0.4) is 0 Å². The van der Waals surface area contributed by atoms with E-state index in [2.05, 4.69) is 10.2 Å². The third kappa shape index (κ3) is 3.09. The maximum Gasteiger partial charge on any atom is 0.416 e. The Morgan fingerprint density at radius 2 is 1.85 bits per heavy atom. The first kappa shape index (κ1) is 14.8. The number of halogens is 3. The van der Waals surface area contributed by atoms with Gasteiger partial charge in [0.15, 0.2) is 10.6 Å². The van der Waals surface area contributed by atoms with Crippen LogP contribution in [0, 0.1) is 10.7 Å². The lowest BCUT2D eigenvalue weighted by Gasteiger charge is -2.10. The lowest BCUT2D eigenvalue weighted by Crippen LogP contribution is -2.07. The minimum Gasteiger partial charge on any atom is -0.300 e. The zero-order chi connectivity index (χ0) is 14.9. The van der Waals surface area contributed by atoms with Crippen molar-refractivity contribution in [2.24, 2.45) is 5.92 Å². The van der Waals surface area contributed by atoms with Gasteiger partial charge in [0, 0.05) is 12.1 Å². The number of rotatable bonds is 3. The van der Waals surface area contributed by atoms with Gasteiger partial charge >= 0.3 is 6.18 Å². The molecular weight excluding hydrogens is 287 g/mol. The van der Waals surface area contributed by atoms with Gasteiger partial charge in [0.1, 0.15) is 0 Å². The Morgan fingerprint density at radius 1 is 1.25 bits per heavy atom. The number of nitrogens with one attached hydrogen (secondary N) is 1. The molecule has 20 heavy (non-hydrogen) atoms. The molecule has 0 aliphatic heterocycles. The maximum atomic E-state index is 12.5. The Bertz CT molecular complexity index is 638. The van der Waals surface area contributed by atoms with E-state index in [4.69, 9.17) is 12.2 Å². The van der Waals surface area contributed by atoms with Gasteiger partial charge < -0.3 is 0 Å². The number of hydrogen-bond acceptors (Lipinski definition) is 2. The van der Waals surface area contributed by atoms with Crippen molar-refractivity contribution in [2.45, 2.75) is 26.6 Å². The standard InChI is InChI=1S/C13H14F3N3S/c1-8(2)7-19-11(17-18-12(19)20)9-3-5-10(6-4-9)13(14,15)16/h3-6,8H,7H2,1-2H3,(H,18,20). The van der Waals surface area contributed by atoms with Crippen molar-refractivity contribution < 1.29 is 13.2 Å². The van der Waals surface area contributed by atoms with Crippen LogP contribution in [0.4, 0.5) is 13.2 Å². The second-order valence-corrected chi connectivity index (χ2v) is 5.32. The summed E-state index contributed by atoms with van der Waals surface area (Å²) in [6.07, 6.45) is -4.33. The molecule has 0 radical (unpaired) electrons. The molecule has 0 spiro atoms. The van der Waals surface area contributed by atoms with Gasteiger partial charge in [-0.3, -0.25) is 9.67 Å². The lowest BCUT2D eigenvalue weighted by molar-refractivity contribution is -0.137. The number of aromatic amines is 1. The third-order valence-electron chi connectivity index (χ3n) is 2.78. The fourth-order valence-corrected chi connectivity index (χ4v) is 2.09. The van der Waals surface area contributed by atoms with Crippen LogP contribution in [-0.2, 0) is 12.7 Å². The summed E-state index contributed by atoms with van der Waals surface area (Å²) >= 11 is 5.14. The average Bonchev–Trinajstić information content (AvgIpc) is 2.70. The molecule has 1 aromatic heterocycles. The highest BCUT2D eigenvalue weighted by Crippen LogP contribution is 2.30. The van der Waals surface area contributed by atoms with E-state index in [-0.39, 0.29) is 0 Å². The first-order valence-electron chi connectivity index (χ1n) is 6.12. The first-order valence-corrected chi connectivity index (χ1v) is 6.52. The molecular formula is C13H14F3N3S. The molecule has 0 aliphatic rings. The molecule has 0 saturated heterocycles. The van der Waals surface area contributed by atoms with Gasteiger partial charge in [-0.2, -0.15) is 18.3 Å². The van der Waals surface area contributed by atoms with E-state index in [0.717, 1.165) is 12.1 Å². The number of benzene rings is 1. The van der Waals surface area contributed by atoms with Gasteiger partial charge in [-0.1, -0.05) is 26.0 Å². The highest BCUT2D eigenvalue weighted by atomic mass is 32.1. The summed E-state index contributed by atoms with van der Waals surface area (Å²) in [6.45, 7) is 4.72. The molecule has 1 heterocycles. The molecule has 1 aromatic carbocycles. The smallest absolute Gasteiger partial charge is 0.300 e. The van der Waals surface area contributed by atoms with Crippen molar-refractivity contribution in [3.63, 3.8) is 0 Å². The zero-order valence-electron chi connectivity index (χ0n) is 11.0. The molecule has 0 fully saturated rings. The quantitative estimate of drug-likeness (QED) is 0.858. The van der Waals surface area contributed by atoms with Gasteiger partial charge in [0.05, 0.1) is 5.56 Å². The van der Waals surface area contributed by atoms with Crippen LogP contribution >= 0.6 is 12.2 Å². The van der Waals surface area contributed by atoms with Crippen molar-refractivity contribution >= 4 is 12.2 Å². The zero-order valence-corrected chi connectivity index (χ0v) is 11.8. The topological polar surface area (TPSA) is 33.6 Å². The van der Waals surface area contributed by atoms with Crippen LogP contribution in [0.2, 0.25) is 0 Å². The van der Waals surface area contributed by atoms with Crippen molar-refractivity contribution in [1.82, 2.24) is 14.8 Å². The van der Waals surface area contributed by atoms with Crippen molar-refractivity contribution in [3.05, 3.63) is 34.6 Å². The molecule has 3 nitrogen and oxygen atoms in total. The largest absolute Gasteiger partial charge is 0.416 e. The van der Waals surface area contributed by atoms with Gasteiger partial charge in [-0.05, 0) is 30.3 Å². The van der Waals surface area contributed by atoms with Gasteiger partial charge in [0.2, 0.25) is 0 Å². The van der Waals surface area contributed by atoms with Crippen molar-refractivity contribution in [1.29, 1.82) is 0 Å². The minimum atomic E-state index is -4.33. The number of H-pyrrole nitrogens is 1.